The predicted octanol–water partition coefficient (Wildman–Crippen LogP) is 11.6. The van der Waals surface area contributed by atoms with Crippen molar-refractivity contribution in [3.05, 3.63) is 164 Å². The molecule has 0 atom stereocenters. The molecule has 1 heteroatoms. The summed E-state index contributed by atoms with van der Waals surface area (Å²) in [6.07, 6.45) is 0. The molecular formula is C42H27N. The highest BCUT2D eigenvalue weighted by Gasteiger charge is 2.19. The standard InChI is InChI=1S/C42H27N/c1-3-14-28(15-4-1)38-26-29(27-39-34-20-8-7-18-32(34)33-19-9-10-22-36(33)41(38)39)31-23-13-24-37-35-21-11-12-25-40(35)43(42(31)37)30-16-5-2-6-17-30/h1-27H. The van der Waals surface area contributed by atoms with E-state index in [1.54, 1.807) is 0 Å². The third kappa shape index (κ3) is 3.58. The van der Waals surface area contributed by atoms with Crippen molar-refractivity contribution in [2.75, 3.05) is 0 Å². The van der Waals surface area contributed by atoms with Crippen LogP contribution in [0.5, 0.6) is 0 Å². The number of rotatable bonds is 3. The molecule has 0 radical (unpaired) electrons. The number of para-hydroxylation sites is 3. The zero-order valence-electron chi connectivity index (χ0n) is 23.5. The molecular weight excluding hydrogens is 518 g/mol. The van der Waals surface area contributed by atoms with Gasteiger partial charge < -0.3 is 4.57 Å². The Morgan fingerprint density at radius 2 is 0.884 bits per heavy atom. The molecule has 1 aromatic heterocycles. The summed E-state index contributed by atoms with van der Waals surface area (Å²) in [5.41, 5.74) is 8.56. The van der Waals surface area contributed by atoms with Gasteiger partial charge in [-0.05, 0) is 79.3 Å². The van der Waals surface area contributed by atoms with Crippen molar-refractivity contribution in [1.29, 1.82) is 0 Å². The normalized spacial score (nSPS) is 11.7. The van der Waals surface area contributed by atoms with E-state index < -0.39 is 0 Å². The van der Waals surface area contributed by atoms with Gasteiger partial charge in [-0.15, -0.1) is 0 Å². The maximum atomic E-state index is 2.44. The highest BCUT2D eigenvalue weighted by molar-refractivity contribution is 6.29. The average molecular weight is 546 g/mol. The largest absolute Gasteiger partial charge is 0.309 e. The zero-order valence-corrected chi connectivity index (χ0v) is 23.5. The highest BCUT2D eigenvalue weighted by atomic mass is 15.0. The summed E-state index contributed by atoms with van der Waals surface area (Å²) in [5, 5.41) is 10.3. The third-order valence-corrected chi connectivity index (χ3v) is 8.95. The van der Waals surface area contributed by atoms with Gasteiger partial charge in [0.25, 0.3) is 0 Å². The minimum Gasteiger partial charge on any atom is -0.309 e. The van der Waals surface area contributed by atoms with Gasteiger partial charge in [0.1, 0.15) is 0 Å². The van der Waals surface area contributed by atoms with Crippen molar-refractivity contribution in [2.45, 2.75) is 0 Å². The van der Waals surface area contributed by atoms with Gasteiger partial charge in [0.2, 0.25) is 0 Å². The van der Waals surface area contributed by atoms with Crippen LogP contribution in [0, 0.1) is 0 Å². The van der Waals surface area contributed by atoms with E-state index in [2.05, 4.69) is 168 Å². The van der Waals surface area contributed by atoms with E-state index in [1.807, 2.05) is 0 Å². The maximum Gasteiger partial charge on any atom is 0.0619 e. The molecule has 9 aromatic rings. The molecule has 0 aliphatic rings. The first kappa shape index (κ1) is 24.0. The van der Waals surface area contributed by atoms with Gasteiger partial charge in [-0.25, -0.2) is 0 Å². The SMILES string of the molecule is c1ccc(-c2cc(-c3cccc4c5ccccc5n(-c5ccccc5)c34)cc3c4ccccc4c4ccccc4c23)cc1. The average Bonchev–Trinajstić information content (AvgIpc) is 3.43. The van der Waals surface area contributed by atoms with Gasteiger partial charge in [-0.1, -0.05) is 133 Å². The Bertz CT molecular complexity index is 2480. The zero-order chi connectivity index (χ0) is 28.3. The van der Waals surface area contributed by atoms with Crippen LogP contribution in [0.1, 0.15) is 0 Å². The number of aromatic nitrogens is 1. The quantitative estimate of drug-likeness (QED) is 0.195. The lowest BCUT2D eigenvalue weighted by molar-refractivity contribution is 1.18. The van der Waals surface area contributed by atoms with E-state index in [9.17, 15) is 0 Å². The van der Waals surface area contributed by atoms with Crippen LogP contribution in [0.2, 0.25) is 0 Å². The minimum atomic E-state index is 1.17. The molecule has 0 fully saturated rings. The van der Waals surface area contributed by atoms with Crippen molar-refractivity contribution in [3.8, 4) is 27.9 Å². The molecule has 0 unspecified atom stereocenters. The molecule has 0 aliphatic carbocycles. The Morgan fingerprint density at radius 3 is 1.63 bits per heavy atom. The summed E-state index contributed by atoms with van der Waals surface area (Å²) >= 11 is 0. The first-order valence-corrected chi connectivity index (χ1v) is 14.9. The van der Waals surface area contributed by atoms with E-state index in [0.29, 0.717) is 0 Å². The Hall–Kier alpha value is -5.66. The molecule has 0 N–H and O–H groups in total. The van der Waals surface area contributed by atoms with Crippen molar-refractivity contribution in [1.82, 2.24) is 4.57 Å². The summed E-state index contributed by atoms with van der Waals surface area (Å²) in [4.78, 5) is 0. The van der Waals surface area contributed by atoms with Gasteiger partial charge in [0.15, 0.2) is 0 Å². The molecule has 9 rings (SSSR count). The number of nitrogens with zero attached hydrogens (tertiary/aromatic N) is 1. The predicted molar refractivity (Wildman–Crippen MR) is 184 cm³/mol. The summed E-state index contributed by atoms with van der Waals surface area (Å²) < 4.78 is 2.44. The first-order chi connectivity index (χ1) is 21.4. The molecule has 1 nitrogen and oxygen atoms in total. The number of fused-ring (bicyclic) bond motifs is 9. The molecule has 43 heavy (non-hydrogen) atoms. The lowest BCUT2D eigenvalue weighted by atomic mass is 9.86. The molecule has 8 aromatic carbocycles. The van der Waals surface area contributed by atoms with E-state index >= 15 is 0 Å². The molecule has 0 saturated heterocycles. The molecule has 0 spiro atoms. The van der Waals surface area contributed by atoms with Gasteiger partial charge in [-0.3, -0.25) is 0 Å². The highest BCUT2D eigenvalue weighted by Crippen LogP contribution is 2.45. The lowest BCUT2D eigenvalue weighted by Crippen LogP contribution is -1.95. The Balaban J connectivity index is 1.48. The van der Waals surface area contributed by atoms with Gasteiger partial charge in [0, 0.05) is 22.0 Å². The fourth-order valence-electron chi connectivity index (χ4n) is 7.13. The number of benzene rings is 8. The first-order valence-electron chi connectivity index (χ1n) is 14.9. The van der Waals surface area contributed by atoms with Crippen molar-refractivity contribution in [2.24, 2.45) is 0 Å². The minimum absolute atomic E-state index is 1.17. The number of hydrogen-bond donors (Lipinski definition) is 0. The van der Waals surface area contributed by atoms with Gasteiger partial charge >= 0.3 is 0 Å². The molecule has 200 valence electrons. The van der Waals surface area contributed by atoms with Crippen LogP contribution < -0.4 is 0 Å². The smallest absolute Gasteiger partial charge is 0.0619 e. The van der Waals surface area contributed by atoms with Crippen LogP contribution in [0.4, 0.5) is 0 Å². The Kier molecular flexibility index (Phi) is 5.27. The molecule has 0 amide bonds. The third-order valence-electron chi connectivity index (χ3n) is 8.95. The fourth-order valence-corrected chi connectivity index (χ4v) is 7.13. The van der Waals surface area contributed by atoms with Gasteiger partial charge in [-0.2, -0.15) is 0 Å². The van der Waals surface area contributed by atoms with Crippen LogP contribution >= 0.6 is 0 Å². The monoisotopic (exact) mass is 545 g/mol. The molecule has 0 bridgehead atoms. The van der Waals surface area contributed by atoms with E-state index in [4.69, 9.17) is 0 Å². The summed E-state index contributed by atoms with van der Waals surface area (Å²) in [7, 11) is 0. The summed E-state index contributed by atoms with van der Waals surface area (Å²) in [6, 6.07) is 59.7. The summed E-state index contributed by atoms with van der Waals surface area (Å²) in [5.74, 6) is 0. The van der Waals surface area contributed by atoms with Crippen LogP contribution in [0.15, 0.2) is 164 Å². The van der Waals surface area contributed by atoms with Crippen molar-refractivity contribution in [3.63, 3.8) is 0 Å². The van der Waals surface area contributed by atoms with Gasteiger partial charge in [0.05, 0.1) is 11.0 Å². The van der Waals surface area contributed by atoms with E-state index in [0.717, 1.165) is 0 Å². The van der Waals surface area contributed by atoms with Crippen LogP contribution in [0.25, 0.3) is 82.1 Å². The Morgan fingerprint density at radius 1 is 0.326 bits per heavy atom. The molecule has 0 saturated carbocycles. The van der Waals surface area contributed by atoms with Crippen molar-refractivity contribution >= 4 is 54.1 Å². The van der Waals surface area contributed by atoms with Crippen molar-refractivity contribution < 1.29 is 0 Å². The topological polar surface area (TPSA) is 4.93 Å². The lowest BCUT2D eigenvalue weighted by Gasteiger charge is -2.18. The summed E-state index contributed by atoms with van der Waals surface area (Å²) in [6.45, 7) is 0. The van der Waals surface area contributed by atoms with Crippen LogP contribution in [0.3, 0.4) is 0 Å². The van der Waals surface area contributed by atoms with Crippen LogP contribution in [-0.4, -0.2) is 4.57 Å². The Labute approximate surface area is 249 Å². The van der Waals surface area contributed by atoms with E-state index in [-0.39, 0.29) is 0 Å². The van der Waals surface area contributed by atoms with Crippen LogP contribution in [-0.2, 0) is 0 Å². The second-order valence-electron chi connectivity index (χ2n) is 11.3. The second kappa shape index (κ2) is 9.44. The fraction of sp³-hybridized carbons (Fsp3) is 0. The molecule has 0 aliphatic heterocycles. The maximum absolute atomic E-state index is 2.44. The van der Waals surface area contributed by atoms with E-state index in [1.165, 1.54) is 82.1 Å². The number of hydrogen-bond acceptors (Lipinski definition) is 0. The second-order valence-corrected chi connectivity index (χ2v) is 11.3. The molecule has 1 heterocycles.